The highest BCUT2D eigenvalue weighted by molar-refractivity contribution is 4.86. The van der Waals surface area contributed by atoms with Gasteiger partial charge in [-0.3, -0.25) is 4.90 Å². The second-order valence-electron chi connectivity index (χ2n) is 5.85. The molecule has 0 amide bonds. The van der Waals surface area contributed by atoms with Crippen molar-refractivity contribution in [1.82, 2.24) is 10.2 Å². The SMILES string of the molecule is CC1CCNCC1N(C)C1CCCCCC1. The molecule has 2 heteroatoms. The minimum atomic E-state index is 0.775. The minimum absolute atomic E-state index is 0.775. The third kappa shape index (κ3) is 2.98. The van der Waals surface area contributed by atoms with Crippen LogP contribution in [0, 0.1) is 5.92 Å². The molecule has 0 aromatic heterocycles. The van der Waals surface area contributed by atoms with E-state index in [4.69, 9.17) is 0 Å². The molecule has 2 atom stereocenters. The van der Waals surface area contributed by atoms with Crippen molar-refractivity contribution in [3.05, 3.63) is 0 Å². The van der Waals surface area contributed by atoms with E-state index in [0.29, 0.717) is 0 Å². The van der Waals surface area contributed by atoms with Gasteiger partial charge in [0.25, 0.3) is 0 Å². The molecule has 2 unspecified atom stereocenters. The van der Waals surface area contributed by atoms with E-state index in [0.717, 1.165) is 18.0 Å². The molecule has 1 N–H and O–H groups in total. The van der Waals surface area contributed by atoms with Crippen LogP contribution in [0.4, 0.5) is 0 Å². The number of likely N-dealkylation sites (N-methyl/N-ethyl adjacent to an activating group) is 1. The van der Waals surface area contributed by atoms with Crippen LogP contribution in [0.3, 0.4) is 0 Å². The molecule has 16 heavy (non-hydrogen) atoms. The molecule has 2 fully saturated rings. The predicted molar refractivity (Wildman–Crippen MR) is 69.7 cm³/mol. The lowest BCUT2D eigenvalue weighted by molar-refractivity contribution is 0.0978. The van der Waals surface area contributed by atoms with E-state index >= 15 is 0 Å². The normalized spacial score (nSPS) is 33.9. The fraction of sp³-hybridized carbons (Fsp3) is 1.00. The third-order valence-corrected chi connectivity index (χ3v) is 4.71. The zero-order valence-electron chi connectivity index (χ0n) is 11.0. The Morgan fingerprint density at radius 3 is 2.31 bits per heavy atom. The number of hydrogen-bond acceptors (Lipinski definition) is 2. The molecule has 2 nitrogen and oxygen atoms in total. The number of piperidine rings is 1. The zero-order valence-corrected chi connectivity index (χ0v) is 11.0. The van der Waals surface area contributed by atoms with Crippen LogP contribution in [0.15, 0.2) is 0 Å². The zero-order chi connectivity index (χ0) is 11.4. The Labute approximate surface area is 101 Å². The molecule has 1 saturated heterocycles. The topological polar surface area (TPSA) is 15.3 Å². The summed E-state index contributed by atoms with van der Waals surface area (Å²) >= 11 is 0. The smallest absolute Gasteiger partial charge is 0.0246 e. The van der Waals surface area contributed by atoms with E-state index in [1.807, 2.05) is 0 Å². The number of hydrogen-bond donors (Lipinski definition) is 1. The van der Waals surface area contributed by atoms with Gasteiger partial charge in [-0.25, -0.2) is 0 Å². The molecule has 0 radical (unpaired) electrons. The number of nitrogens with one attached hydrogen (secondary N) is 1. The van der Waals surface area contributed by atoms with Gasteiger partial charge in [0, 0.05) is 18.6 Å². The molecule has 1 aliphatic carbocycles. The van der Waals surface area contributed by atoms with Crippen LogP contribution in [-0.2, 0) is 0 Å². The van der Waals surface area contributed by atoms with Crippen LogP contribution >= 0.6 is 0 Å². The Bertz CT molecular complexity index is 197. The molecule has 1 heterocycles. The molecule has 0 bridgehead atoms. The molecule has 2 aliphatic rings. The highest BCUT2D eigenvalue weighted by atomic mass is 15.2. The van der Waals surface area contributed by atoms with E-state index in [1.165, 1.54) is 58.0 Å². The van der Waals surface area contributed by atoms with E-state index in [-0.39, 0.29) is 0 Å². The summed E-state index contributed by atoms with van der Waals surface area (Å²) in [5.74, 6) is 0.870. The monoisotopic (exact) mass is 224 g/mol. The molecular formula is C14H28N2. The lowest BCUT2D eigenvalue weighted by atomic mass is 9.91. The number of rotatable bonds is 2. The van der Waals surface area contributed by atoms with Crippen molar-refractivity contribution < 1.29 is 0 Å². The summed E-state index contributed by atoms with van der Waals surface area (Å²) in [7, 11) is 2.37. The first kappa shape index (κ1) is 12.4. The summed E-state index contributed by atoms with van der Waals surface area (Å²) in [6, 6.07) is 1.63. The Morgan fingerprint density at radius 2 is 1.69 bits per heavy atom. The van der Waals surface area contributed by atoms with Gasteiger partial charge in [-0.05, 0) is 38.8 Å². The molecule has 2 rings (SSSR count). The Balaban J connectivity index is 1.90. The predicted octanol–water partition coefficient (Wildman–Crippen LogP) is 2.64. The average molecular weight is 224 g/mol. The van der Waals surface area contributed by atoms with E-state index < -0.39 is 0 Å². The van der Waals surface area contributed by atoms with Crippen LogP contribution in [0.1, 0.15) is 51.9 Å². The van der Waals surface area contributed by atoms with Gasteiger partial charge in [0.1, 0.15) is 0 Å². The quantitative estimate of drug-likeness (QED) is 0.725. The maximum Gasteiger partial charge on any atom is 0.0246 e. The molecule has 0 aromatic carbocycles. The van der Waals surface area contributed by atoms with Gasteiger partial charge in [0.05, 0.1) is 0 Å². The summed E-state index contributed by atoms with van der Waals surface area (Å²) in [5, 5.41) is 3.56. The first-order valence-corrected chi connectivity index (χ1v) is 7.21. The summed E-state index contributed by atoms with van der Waals surface area (Å²) in [4.78, 5) is 2.70. The van der Waals surface area contributed by atoms with Crippen LogP contribution < -0.4 is 5.32 Å². The van der Waals surface area contributed by atoms with Gasteiger partial charge in [-0.1, -0.05) is 32.6 Å². The lowest BCUT2D eigenvalue weighted by Gasteiger charge is -2.41. The highest BCUT2D eigenvalue weighted by Crippen LogP contribution is 2.26. The van der Waals surface area contributed by atoms with Crippen LogP contribution in [0.25, 0.3) is 0 Å². The molecule has 0 spiro atoms. The molecule has 1 saturated carbocycles. The van der Waals surface area contributed by atoms with Crippen LogP contribution in [0.5, 0.6) is 0 Å². The molecule has 1 aliphatic heterocycles. The fourth-order valence-electron chi connectivity index (χ4n) is 3.45. The Morgan fingerprint density at radius 1 is 1.00 bits per heavy atom. The van der Waals surface area contributed by atoms with Gasteiger partial charge in [0.2, 0.25) is 0 Å². The Hall–Kier alpha value is -0.0800. The lowest BCUT2D eigenvalue weighted by Crippen LogP contribution is -2.52. The highest BCUT2D eigenvalue weighted by Gasteiger charge is 2.29. The molecular weight excluding hydrogens is 196 g/mol. The van der Waals surface area contributed by atoms with Crippen molar-refractivity contribution in [2.24, 2.45) is 5.92 Å². The first-order chi connectivity index (χ1) is 7.79. The van der Waals surface area contributed by atoms with Gasteiger partial charge < -0.3 is 5.32 Å². The second-order valence-corrected chi connectivity index (χ2v) is 5.85. The van der Waals surface area contributed by atoms with Crippen LogP contribution in [-0.4, -0.2) is 37.1 Å². The Kier molecular flexibility index (Phi) is 4.66. The molecule has 0 aromatic rings. The first-order valence-electron chi connectivity index (χ1n) is 7.21. The van der Waals surface area contributed by atoms with E-state index in [1.54, 1.807) is 0 Å². The van der Waals surface area contributed by atoms with Crippen molar-refractivity contribution in [2.75, 3.05) is 20.1 Å². The summed E-state index contributed by atoms with van der Waals surface area (Å²) < 4.78 is 0. The van der Waals surface area contributed by atoms with Crippen molar-refractivity contribution in [3.8, 4) is 0 Å². The molecule has 94 valence electrons. The maximum absolute atomic E-state index is 3.56. The van der Waals surface area contributed by atoms with Crippen LogP contribution in [0.2, 0.25) is 0 Å². The van der Waals surface area contributed by atoms with E-state index in [9.17, 15) is 0 Å². The van der Waals surface area contributed by atoms with E-state index in [2.05, 4.69) is 24.2 Å². The fourth-order valence-corrected chi connectivity index (χ4v) is 3.45. The second kappa shape index (κ2) is 6.02. The largest absolute Gasteiger partial charge is 0.315 e. The van der Waals surface area contributed by atoms with Gasteiger partial charge in [-0.2, -0.15) is 0 Å². The van der Waals surface area contributed by atoms with Crippen molar-refractivity contribution in [1.29, 1.82) is 0 Å². The van der Waals surface area contributed by atoms with Crippen molar-refractivity contribution in [2.45, 2.75) is 64.0 Å². The third-order valence-electron chi connectivity index (χ3n) is 4.71. The van der Waals surface area contributed by atoms with Gasteiger partial charge in [0.15, 0.2) is 0 Å². The maximum atomic E-state index is 3.56. The summed E-state index contributed by atoms with van der Waals surface area (Å²) in [6.45, 7) is 4.85. The van der Waals surface area contributed by atoms with Crippen molar-refractivity contribution >= 4 is 0 Å². The number of nitrogens with zero attached hydrogens (tertiary/aromatic N) is 1. The summed E-state index contributed by atoms with van der Waals surface area (Å²) in [6.07, 6.45) is 10.0. The minimum Gasteiger partial charge on any atom is -0.315 e. The standard InChI is InChI=1S/C14H28N2/c1-12-9-10-15-11-14(12)16(2)13-7-5-3-4-6-8-13/h12-15H,3-11H2,1-2H3. The summed E-state index contributed by atoms with van der Waals surface area (Å²) in [5.41, 5.74) is 0. The van der Waals surface area contributed by atoms with Crippen molar-refractivity contribution in [3.63, 3.8) is 0 Å². The van der Waals surface area contributed by atoms with Gasteiger partial charge >= 0.3 is 0 Å². The average Bonchev–Trinajstić information content (AvgIpc) is 2.57. The van der Waals surface area contributed by atoms with Gasteiger partial charge in [-0.15, -0.1) is 0 Å².